The first-order valence-electron chi connectivity index (χ1n) is 10.1. The molecule has 1 unspecified atom stereocenters. The molecule has 0 saturated carbocycles. The lowest BCUT2D eigenvalue weighted by Crippen LogP contribution is -2.37. The molecular weight excluding hydrogens is 451 g/mol. The molecule has 2 aromatic rings. The van der Waals surface area contributed by atoms with Gasteiger partial charge < -0.3 is 4.90 Å². The zero-order valence-corrected chi connectivity index (χ0v) is 18.0. The fraction of sp³-hybridized carbons (Fsp3) is 0.348. The Morgan fingerprint density at radius 1 is 1.10 bits per heavy atom. The summed E-state index contributed by atoms with van der Waals surface area (Å²) < 4.78 is 14.2. The van der Waals surface area contributed by atoms with E-state index in [1.165, 1.54) is 17.0 Å². The van der Waals surface area contributed by atoms with Crippen LogP contribution in [0.2, 0.25) is 0 Å². The number of halogens is 2. The number of nitrogens with zero attached hydrogens (tertiary/aromatic N) is 2. The highest BCUT2D eigenvalue weighted by Gasteiger charge is 2.35. The maximum absolute atomic E-state index is 13.5. The van der Waals surface area contributed by atoms with Gasteiger partial charge in [0.25, 0.3) is 11.8 Å². The van der Waals surface area contributed by atoms with E-state index in [2.05, 4.69) is 15.9 Å². The number of likely N-dealkylation sites (tertiary alicyclic amines) is 1. The van der Waals surface area contributed by atoms with Crippen molar-refractivity contribution in [3.8, 4) is 0 Å². The van der Waals surface area contributed by atoms with Crippen molar-refractivity contribution in [2.45, 2.75) is 38.1 Å². The molecule has 0 N–H and O–H groups in total. The van der Waals surface area contributed by atoms with Gasteiger partial charge in [0, 0.05) is 30.0 Å². The molecule has 2 aromatic carbocycles. The Morgan fingerprint density at radius 3 is 2.70 bits per heavy atom. The molecule has 0 spiro atoms. The standard InChI is InChI=1S/C23H22BrFN2O3/c24-16-8-9-19-20(14-16)23(30)27(22(19)29)11-3-7-21(28)26-10-2-6-18(26)13-15-4-1-5-17(25)12-15/h1,4-5,8-9,12,14,18H,2-3,6-7,10-11,13H2. The van der Waals surface area contributed by atoms with E-state index in [1.54, 1.807) is 24.3 Å². The number of carbonyl (C=O) groups excluding carboxylic acids is 3. The lowest BCUT2D eigenvalue weighted by molar-refractivity contribution is -0.132. The van der Waals surface area contributed by atoms with Crippen LogP contribution in [0, 0.1) is 5.82 Å². The minimum Gasteiger partial charge on any atom is -0.339 e. The summed E-state index contributed by atoms with van der Waals surface area (Å²) in [5.41, 5.74) is 1.69. The first kappa shape index (κ1) is 20.7. The van der Waals surface area contributed by atoms with Crippen molar-refractivity contribution in [2.75, 3.05) is 13.1 Å². The Hall–Kier alpha value is -2.54. The summed E-state index contributed by atoms with van der Waals surface area (Å²) in [6.07, 6.45) is 3.16. The Balaban J connectivity index is 1.32. The Morgan fingerprint density at radius 2 is 1.90 bits per heavy atom. The lowest BCUT2D eigenvalue weighted by Gasteiger charge is -2.25. The molecule has 2 aliphatic heterocycles. The van der Waals surface area contributed by atoms with Gasteiger partial charge in [0.1, 0.15) is 5.82 Å². The number of hydrogen-bond acceptors (Lipinski definition) is 3. The molecule has 3 amide bonds. The number of amides is 3. The molecule has 1 atom stereocenters. The fourth-order valence-corrected chi connectivity index (χ4v) is 4.67. The molecule has 7 heteroatoms. The second-order valence-corrected chi connectivity index (χ2v) is 8.69. The van der Waals surface area contributed by atoms with Crippen LogP contribution in [-0.4, -0.2) is 46.7 Å². The molecule has 0 aliphatic carbocycles. The Kier molecular flexibility index (Phi) is 5.99. The summed E-state index contributed by atoms with van der Waals surface area (Å²) >= 11 is 3.32. The van der Waals surface area contributed by atoms with E-state index in [0.29, 0.717) is 30.5 Å². The highest BCUT2D eigenvalue weighted by atomic mass is 79.9. The number of rotatable bonds is 6. The third-order valence-corrected chi connectivity index (χ3v) is 6.26. The topological polar surface area (TPSA) is 57.7 Å². The zero-order chi connectivity index (χ0) is 21.3. The maximum Gasteiger partial charge on any atom is 0.261 e. The summed E-state index contributed by atoms with van der Waals surface area (Å²) in [6.45, 7) is 0.915. The maximum atomic E-state index is 13.5. The number of hydrogen-bond donors (Lipinski definition) is 0. The Bertz CT molecular complexity index is 1010. The van der Waals surface area contributed by atoms with Gasteiger partial charge in [0.15, 0.2) is 0 Å². The highest BCUT2D eigenvalue weighted by Crippen LogP contribution is 2.27. The molecule has 0 radical (unpaired) electrons. The van der Waals surface area contributed by atoms with Gasteiger partial charge in [0.05, 0.1) is 11.1 Å². The third kappa shape index (κ3) is 4.17. The average Bonchev–Trinajstić information content (AvgIpc) is 3.26. The van der Waals surface area contributed by atoms with Gasteiger partial charge in [-0.2, -0.15) is 0 Å². The minimum atomic E-state index is -0.311. The molecule has 0 bridgehead atoms. The van der Waals surface area contributed by atoms with Crippen molar-refractivity contribution in [3.05, 3.63) is 69.4 Å². The first-order valence-corrected chi connectivity index (χ1v) is 10.9. The molecule has 5 nitrogen and oxygen atoms in total. The van der Waals surface area contributed by atoms with Crippen LogP contribution in [0.5, 0.6) is 0 Å². The van der Waals surface area contributed by atoms with Gasteiger partial charge in [-0.1, -0.05) is 28.1 Å². The quantitative estimate of drug-likeness (QED) is 0.592. The average molecular weight is 473 g/mol. The molecule has 1 fully saturated rings. The van der Waals surface area contributed by atoms with E-state index in [-0.39, 0.29) is 42.5 Å². The van der Waals surface area contributed by atoms with E-state index in [4.69, 9.17) is 0 Å². The van der Waals surface area contributed by atoms with Crippen LogP contribution in [0.3, 0.4) is 0 Å². The summed E-state index contributed by atoms with van der Waals surface area (Å²) in [5.74, 6) is -0.862. The third-order valence-electron chi connectivity index (χ3n) is 5.76. The van der Waals surface area contributed by atoms with Crippen LogP contribution >= 0.6 is 15.9 Å². The second kappa shape index (κ2) is 8.68. The van der Waals surface area contributed by atoms with E-state index < -0.39 is 0 Å². The first-order chi connectivity index (χ1) is 14.4. The molecule has 4 rings (SSSR count). The van der Waals surface area contributed by atoms with Crippen LogP contribution < -0.4 is 0 Å². The normalized spacial score (nSPS) is 18.3. The van der Waals surface area contributed by atoms with E-state index >= 15 is 0 Å². The van der Waals surface area contributed by atoms with Crippen molar-refractivity contribution in [1.29, 1.82) is 0 Å². The monoisotopic (exact) mass is 472 g/mol. The summed E-state index contributed by atoms with van der Waals surface area (Å²) in [4.78, 5) is 40.9. The number of imide groups is 1. The van der Waals surface area contributed by atoms with Crippen LogP contribution in [0.15, 0.2) is 46.9 Å². The van der Waals surface area contributed by atoms with Crippen LogP contribution in [0.25, 0.3) is 0 Å². The smallest absolute Gasteiger partial charge is 0.261 e. The minimum absolute atomic E-state index is 0.0215. The van der Waals surface area contributed by atoms with Gasteiger partial charge in [-0.3, -0.25) is 19.3 Å². The van der Waals surface area contributed by atoms with E-state index in [1.807, 2.05) is 11.0 Å². The largest absolute Gasteiger partial charge is 0.339 e. The predicted molar refractivity (Wildman–Crippen MR) is 114 cm³/mol. The van der Waals surface area contributed by atoms with Crippen molar-refractivity contribution in [2.24, 2.45) is 0 Å². The van der Waals surface area contributed by atoms with E-state index in [0.717, 1.165) is 22.9 Å². The number of benzene rings is 2. The Labute approximate surface area is 183 Å². The molecular formula is C23H22BrFN2O3. The summed E-state index contributed by atoms with van der Waals surface area (Å²) in [5, 5.41) is 0. The van der Waals surface area contributed by atoms with Crippen molar-refractivity contribution in [1.82, 2.24) is 9.80 Å². The van der Waals surface area contributed by atoms with Crippen LogP contribution in [-0.2, 0) is 11.2 Å². The number of carbonyl (C=O) groups is 3. The van der Waals surface area contributed by atoms with Gasteiger partial charge >= 0.3 is 0 Å². The summed E-state index contributed by atoms with van der Waals surface area (Å²) in [7, 11) is 0. The lowest BCUT2D eigenvalue weighted by atomic mass is 10.0. The molecule has 30 heavy (non-hydrogen) atoms. The predicted octanol–water partition coefficient (Wildman–Crippen LogP) is 4.20. The second-order valence-electron chi connectivity index (χ2n) is 7.77. The SMILES string of the molecule is O=C1c2ccc(Br)cc2C(=O)N1CCCC(=O)N1CCCC1Cc1cccc(F)c1. The molecule has 2 aliphatic rings. The van der Waals surface area contributed by atoms with Crippen LogP contribution in [0.1, 0.15) is 52.0 Å². The van der Waals surface area contributed by atoms with Crippen LogP contribution in [0.4, 0.5) is 4.39 Å². The van der Waals surface area contributed by atoms with Crippen molar-refractivity contribution in [3.63, 3.8) is 0 Å². The fourth-order valence-electron chi connectivity index (χ4n) is 4.31. The molecule has 2 heterocycles. The summed E-state index contributed by atoms with van der Waals surface area (Å²) in [6, 6.07) is 11.6. The van der Waals surface area contributed by atoms with Gasteiger partial charge in [-0.05, 0) is 61.6 Å². The van der Waals surface area contributed by atoms with Gasteiger partial charge in [-0.15, -0.1) is 0 Å². The number of fused-ring (bicyclic) bond motifs is 1. The van der Waals surface area contributed by atoms with Crippen molar-refractivity contribution < 1.29 is 18.8 Å². The zero-order valence-electron chi connectivity index (χ0n) is 16.4. The molecule has 1 saturated heterocycles. The molecule has 156 valence electrons. The highest BCUT2D eigenvalue weighted by molar-refractivity contribution is 9.10. The van der Waals surface area contributed by atoms with E-state index in [9.17, 15) is 18.8 Å². The van der Waals surface area contributed by atoms with Gasteiger partial charge in [0.2, 0.25) is 5.91 Å². The van der Waals surface area contributed by atoms with Crippen molar-refractivity contribution >= 4 is 33.7 Å². The van der Waals surface area contributed by atoms with Gasteiger partial charge in [-0.25, -0.2) is 4.39 Å². The molecule has 0 aromatic heterocycles.